The van der Waals surface area contributed by atoms with Crippen LogP contribution < -0.4 is 0 Å². The molecule has 5 rings (SSSR count). The van der Waals surface area contributed by atoms with Gasteiger partial charge in [0.25, 0.3) is 0 Å². The van der Waals surface area contributed by atoms with Gasteiger partial charge in [0.05, 0.1) is 6.20 Å². The molecular weight excluding hydrogens is 430 g/mol. The second-order valence-corrected chi connectivity index (χ2v) is 9.84. The van der Waals surface area contributed by atoms with Crippen molar-refractivity contribution in [1.82, 2.24) is 14.3 Å². The average Bonchev–Trinajstić information content (AvgIpc) is 3.46. The third kappa shape index (κ3) is 5.21. The zero-order valence-corrected chi connectivity index (χ0v) is 20.7. The van der Waals surface area contributed by atoms with Crippen molar-refractivity contribution in [2.75, 3.05) is 13.1 Å². The Morgan fingerprint density at radius 3 is 2.74 bits per heavy atom. The number of ketones is 1. The predicted molar refractivity (Wildman–Crippen MR) is 141 cm³/mol. The van der Waals surface area contributed by atoms with Crippen molar-refractivity contribution in [1.29, 1.82) is 0 Å². The number of aromatic nitrogens is 2. The number of rotatable bonds is 5. The standard InChI is InChI=1S/C31H31N3O/c1-22-13-15-33(20-22)21-28-10-8-25(16-24(28)3)17-30(35)27-9-7-23(2)26(18-27)11-12-29-19-32-31-6-4-5-14-34(29)31/h4-10,14,16,18-19,22H,13,15,17,20-21H2,1-3H3/t22-/m1/s1. The van der Waals surface area contributed by atoms with Gasteiger partial charge in [0.2, 0.25) is 0 Å². The van der Waals surface area contributed by atoms with Crippen LogP contribution >= 0.6 is 0 Å². The van der Waals surface area contributed by atoms with E-state index in [1.165, 1.54) is 30.6 Å². The molecule has 0 bridgehead atoms. The molecule has 4 aromatic rings. The summed E-state index contributed by atoms with van der Waals surface area (Å²) in [6.07, 6.45) is 5.42. The van der Waals surface area contributed by atoms with E-state index in [-0.39, 0.29) is 5.78 Å². The monoisotopic (exact) mass is 461 g/mol. The molecule has 0 saturated carbocycles. The quantitative estimate of drug-likeness (QED) is 0.286. The number of nitrogens with zero attached hydrogens (tertiary/aromatic N) is 3. The third-order valence-corrected chi connectivity index (χ3v) is 6.98. The molecule has 176 valence electrons. The molecule has 0 unspecified atom stereocenters. The highest BCUT2D eigenvalue weighted by molar-refractivity contribution is 5.98. The van der Waals surface area contributed by atoms with Crippen LogP contribution in [0, 0.1) is 31.6 Å². The van der Waals surface area contributed by atoms with Crippen LogP contribution in [0.3, 0.4) is 0 Å². The number of benzene rings is 2. The van der Waals surface area contributed by atoms with E-state index in [4.69, 9.17) is 0 Å². The van der Waals surface area contributed by atoms with E-state index in [2.05, 4.69) is 53.8 Å². The van der Waals surface area contributed by atoms with Crippen LogP contribution in [-0.2, 0) is 13.0 Å². The summed E-state index contributed by atoms with van der Waals surface area (Å²) >= 11 is 0. The molecule has 1 aliphatic rings. The number of Topliss-reactive ketones (excluding diaryl/α,β-unsaturated/α-hetero) is 1. The molecule has 0 spiro atoms. The average molecular weight is 462 g/mol. The molecule has 35 heavy (non-hydrogen) atoms. The molecule has 2 aromatic heterocycles. The highest BCUT2D eigenvalue weighted by Gasteiger charge is 2.19. The van der Waals surface area contributed by atoms with Gasteiger partial charge in [-0.15, -0.1) is 0 Å². The molecular formula is C31H31N3O. The molecule has 0 aliphatic carbocycles. The van der Waals surface area contributed by atoms with Crippen LogP contribution in [0.4, 0.5) is 0 Å². The minimum atomic E-state index is 0.114. The first-order chi connectivity index (χ1) is 17.0. The van der Waals surface area contributed by atoms with Crippen molar-refractivity contribution >= 4 is 11.4 Å². The number of aryl methyl sites for hydroxylation is 2. The molecule has 1 atom stereocenters. The van der Waals surface area contributed by atoms with Crippen molar-refractivity contribution in [2.45, 2.75) is 40.2 Å². The fourth-order valence-corrected chi connectivity index (χ4v) is 4.83. The van der Waals surface area contributed by atoms with E-state index < -0.39 is 0 Å². The van der Waals surface area contributed by atoms with Gasteiger partial charge < -0.3 is 0 Å². The molecule has 0 amide bonds. The molecule has 1 aliphatic heterocycles. The second kappa shape index (κ2) is 9.90. The molecule has 4 nitrogen and oxygen atoms in total. The van der Waals surface area contributed by atoms with Gasteiger partial charge in [0.1, 0.15) is 11.3 Å². The van der Waals surface area contributed by atoms with Gasteiger partial charge in [-0.05, 0) is 79.1 Å². The van der Waals surface area contributed by atoms with E-state index in [1.54, 1.807) is 6.20 Å². The first-order valence-electron chi connectivity index (χ1n) is 12.3. The summed E-state index contributed by atoms with van der Waals surface area (Å²) in [7, 11) is 0. The van der Waals surface area contributed by atoms with Crippen molar-refractivity contribution in [3.05, 3.63) is 106 Å². The minimum absolute atomic E-state index is 0.114. The fourth-order valence-electron chi connectivity index (χ4n) is 4.83. The Balaban J connectivity index is 1.31. The van der Waals surface area contributed by atoms with Crippen molar-refractivity contribution in [2.24, 2.45) is 5.92 Å². The van der Waals surface area contributed by atoms with Crippen LogP contribution in [-0.4, -0.2) is 33.2 Å². The molecule has 0 N–H and O–H groups in total. The van der Waals surface area contributed by atoms with Crippen LogP contribution in [0.15, 0.2) is 67.0 Å². The summed E-state index contributed by atoms with van der Waals surface area (Å²) < 4.78 is 1.97. The number of carbonyl (C=O) groups is 1. The molecule has 3 heterocycles. The maximum atomic E-state index is 13.1. The number of imidazole rings is 1. The Morgan fingerprint density at radius 1 is 1.06 bits per heavy atom. The van der Waals surface area contributed by atoms with Crippen LogP contribution in [0.2, 0.25) is 0 Å². The lowest BCUT2D eigenvalue weighted by molar-refractivity contribution is 0.0993. The Morgan fingerprint density at radius 2 is 1.94 bits per heavy atom. The number of fused-ring (bicyclic) bond motifs is 1. The van der Waals surface area contributed by atoms with Gasteiger partial charge in [0.15, 0.2) is 5.78 Å². The highest BCUT2D eigenvalue weighted by atomic mass is 16.1. The number of likely N-dealkylation sites (tertiary alicyclic amines) is 1. The van der Waals surface area contributed by atoms with E-state index in [0.717, 1.165) is 40.5 Å². The summed E-state index contributed by atoms with van der Waals surface area (Å²) in [5, 5.41) is 0. The number of hydrogen-bond acceptors (Lipinski definition) is 3. The third-order valence-electron chi connectivity index (χ3n) is 6.98. The van der Waals surface area contributed by atoms with Gasteiger partial charge in [-0.25, -0.2) is 4.98 Å². The van der Waals surface area contributed by atoms with Crippen LogP contribution in [0.25, 0.3) is 5.65 Å². The zero-order valence-electron chi connectivity index (χ0n) is 20.7. The minimum Gasteiger partial charge on any atom is -0.299 e. The molecule has 1 saturated heterocycles. The Bertz CT molecular complexity index is 1450. The predicted octanol–water partition coefficient (Wildman–Crippen LogP) is 5.62. The summed E-state index contributed by atoms with van der Waals surface area (Å²) in [5.74, 6) is 7.38. The van der Waals surface area contributed by atoms with E-state index in [0.29, 0.717) is 12.0 Å². The zero-order chi connectivity index (χ0) is 24.4. The highest BCUT2D eigenvalue weighted by Crippen LogP contribution is 2.21. The van der Waals surface area contributed by atoms with Crippen molar-refractivity contribution in [3.8, 4) is 11.8 Å². The van der Waals surface area contributed by atoms with Crippen molar-refractivity contribution in [3.63, 3.8) is 0 Å². The summed E-state index contributed by atoms with van der Waals surface area (Å²) in [6.45, 7) is 9.85. The maximum absolute atomic E-state index is 13.1. The summed E-state index contributed by atoms with van der Waals surface area (Å²) in [5.41, 5.74) is 8.00. The summed E-state index contributed by atoms with van der Waals surface area (Å²) in [4.78, 5) is 20.0. The van der Waals surface area contributed by atoms with Gasteiger partial charge in [-0.1, -0.05) is 49.2 Å². The molecule has 1 fully saturated rings. The smallest absolute Gasteiger partial charge is 0.167 e. The van der Waals surface area contributed by atoms with Crippen LogP contribution in [0.5, 0.6) is 0 Å². The van der Waals surface area contributed by atoms with Crippen molar-refractivity contribution < 1.29 is 4.79 Å². The Labute approximate surface area is 207 Å². The fraction of sp³-hybridized carbons (Fsp3) is 0.290. The van der Waals surface area contributed by atoms with E-state index in [1.807, 2.05) is 53.9 Å². The van der Waals surface area contributed by atoms with Crippen LogP contribution in [0.1, 0.15) is 57.2 Å². The number of hydrogen-bond donors (Lipinski definition) is 0. The maximum Gasteiger partial charge on any atom is 0.167 e. The number of pyridine rings is 1. The Hall–Kier alpha value is -3.68. The van der Waals surface area contributed by atoms with Gasteiger partial charge in [-0.3, -0.25) is 14.1 Å². The normalized spacial score (nSPS) is 15.8. The lowest BCUT2D eigenvalue weighted by atomic mass is 9.97. The Kier molecular flexibility index (Phi) is 6.53. The first kappa shape index (κ1) is 23.1. The SMILES string of the molecule is Cc1ccc(C(=O)Cc2ccc(CN3CC[C@@H](C)C3)c(C)c2)cc1C#Cc1cnc2ccccn12. The molecule has 0 radical (unpaired) electrons. The van der Waals surface area contributed by atoms with E-state index in [9.17, 15) is 4.79 Å². The van der Waals surface area contributed by atoms with E-state index >= 15 is 0 Å². The van der Waals surface area contributed by atoms with Gasteiger partial charge in [0, 0.05) is 36.8 Å². The molecule has 2 aromatic carbocycles. The summed E-state index contributed by atoms with van der Waals surface area (Å²) in [6, 6.07) is 18.2. The number of carbonyl (C=O) groups excluding carboxylic acids is 1. The largest absolute Gasteiger partial charge is 0.299 e. The van der Waals surface area contributed by atoms with Gasteiger partial charge >= 0.3 is 0 Å². The topological polar surface area (TPSA) is 37.6 Å². The first-order valence-corrected chi connectivity index (χ1v) is 12.3. The second-order valence-electron chi connectivity index (χ2n) is 9.84. The lowest BCUT2D eigenvalue weighted by Crippen LogP contribution is -2.20. The van der Waals surface area contributed by atoms with Gasteiger partial charge in [-0.2, -0.15) is 0 Å². The molecule has 4 heteroatoms. The lowest BCUT2D eigenvalue weighted by Gasteiger charge is -2.17.